The van der Waals surface area contributed by atoms with Gasteiger partial charge in [0, 0.05) is 45.1 Å². The fourth-order valence-electron chi connectivity index (χ4n) is 2.58. The monoisotopic (exact) mass is 486 g/mol. The van der Waals surface area contributed by atoms with Crippen LogP contribution in [0.15, 0.2) is 47.6 Å². The number of guanidine groups is 1. The van der Waals surface area contributed by atoms with Gasteiger partial charge in [0.25, 0.3) is 5.69 Å². The summed E-state index contributed by atoms with van der Waals surface area (Å²) in [5.74, 6) is 0.804. The molecule has 0 amide bonds. The summed E-state index contributed by atoms with van der Waals surface area (Å²) in [7, 11) is 4.01. The maximum atomic E-state index is 11.0. The number of nitrogens with one attached hydrogen (secondary N) is 2. The van der Waals surface area contributed by atoms with Crippen molar-refractivity contribution in [3.8, 4) is 0 Å². The van der Waals surface area contributed by atoms with Crippen molar-refractivity contribution in [2.45, 2.75) is 13.5 Å². The van der Waals surface area contributed by atoms with Crippen LogP contribution in [-0.2, 0) is 13.6 Å². The topological polar surface area (TPSA) is 87.7 Å². The largest absolute Gasteiger partial charge is 0.378 e. The summed E-state index contributed by atoms with van der Waals surface area (Å²) >= 11 is 0. The number of aromatic nitrogens is 1. The van der Waals surface area contributed by atoms with Crippen LogP contribution in [0.2, 0.25) is 0 Å². The molecule has 0 saturated carbocycles. The van der Waals surface area contributed by atoms with Gasteiger partial charge in [-0.05, 0) is 25.1 Å². The van der Waals surface area contributed by atoms with E-state index in [1.807, 2.05) is 33.3 Å². The minimum Gasteiger partial charge on any atom is -0.378 e. The maximum absolute atomic E-state index is 11.0. The van der Waals surface area contributed by atoms with Gasteiger partial charge in [-0.1, -0.05) is 12.1 Å². The second-order valence-electron chi connectivity index (χ2n) is 5.90. The second-order valence-corrected chi connectivity index (χ2v) is 5.90. The lowest BCUT2D eigenvalue weighted by molar-refractivity contribution is -0.384. The Morgan fingerprint density at radius 2 is 2.04 bits per heavy atom. The minimum absolute atomic E-state index is 0. The summed E-state index contributed by atoms with van der Waals surface area (Å²) in [4.78, 5) is 17.3. The van der Waals surface area contributed by atoms with Crippen LogP contribution in [-0.4, -0.2) is 47.0 Å². The molecule has 1 aromatic heterocycles. The number of anilines is 1. The zero-order valence-electron chi connectivity index (χ0n) is 15.9. The molecule has 0 aliphatic rings. The highest BCUT2D eigenvalue weighted by Gasteiger charge is 2.11. The third-order valence-electron chi connectivity index (χ3n) is 3.94. The summed E-state index contributed by atoms with van der Waals surface area (Å²) in [6.07, 6.45) is 2.02. The summed E-state index contributed by atoms with van der Waals surface area (Å²) in [5, 5.41) is 17.4. The van der Waals surface area contributed by atoms with Crippen molar-refractivity contribution < 1.29 is 4.92 Å². The molecular weight excluding hydrogens is 459 g/mol. The Hall–Kier alpha value is -2.30. The molecule has 2 N–H and O–H groups in total. The van der Waals surface area contributed by atoms with Gasteiger partial charge in [-0.2, -0.15) is 0 Å². The number of nitro groups is 1. The van der Waals surface area contributed by atoms with Crippen molar-refractivity contribution in [3.63, 3.8) is 0 Å². The molecule has 0 radical (unpaired) electrons. The van der Waals surface area contributed by atoms with Gasteiger partial charge in [0.15, 0.2) is 5.96 Å². The zero-order chi connectivity index (χ0) is 18.9. The van der Waals surface area contributed by atoms with E-state index in [2.05, 4.69) is 31.2 Å². The molecule has 2 rings (SSSR count). The molecule has 0 aliphatic heterocycles. The lowest BCUT2D eigenvalue weighted by atomic mass is 10.2. The number of hydrogen-bond acceptors (Lipinski definition) is 4. The van der Waals surface area contributed by atoms with Crippen LogP contribution in [0.25, 0.3) is 0 Å². The predicted octanol–water partition coefficient (Wildman–Crippen LogP) is 3.06. The zero-order valence-corrected chi connectivity index (χ0v) is 18.2. The van der Waals surface area contributed by atoms with E-state index >= 15 is 0 Å². The number of benzene rings is 1. The van der Waals surface area contributed by atoms with Gasteiger partial charge in [0.05, 0.1) is 18.0 Å². The average molecular weight is 486 g/mol. The van der Waals surface area contributed by atoms with E-state index in [9.17, 15) is 10.1 Å². The van der Waals surface area contributed by atoms with Crippen molar-refractivity contribution in [3.05, 3.63) is 58.4 Å². The van der Waals surface area contributed by atoms with E-state index in [1.165, 1.54) is 11.8 Å². The van der Waals surface area contributed by atoms with Crippen LogP contribution in [0, 0.1) is 10.1 Å². The van der Waals surface area contributed by atoms with E-state index in [0.29, 0.717) is 18.8 Å². The smallest absolute Gasteiger partial charge is 0.292 e. The van der Waals surface area contributed by atoms with Gasteiger partial charge in [-0.15, -0.1) is 24.0 Å². The van der Waals surface area contributed by atoms with Crippen LogP contribution in [0.3, 0.4) is 0 Å². The first-order valence-electron chi connectivity index (χ1n) is 8.60. The number of nitro benzene ring substituents is 1. The second kappa shape index (κ2) is 11.4. The molecule has 0 aliphatic carbocycles. The molecule has 0 atom stereocenters. The highest BCUT2D eigenvalue weighted by molar-refractivity contribution is 14.0. The first-order chi connectivity index (χ1) is 12.5. The predicted molar refractivity (Wildman–Crippen MR) is 120 cm³/mol. The first kappa shape index (κ1) is 22.7. The molecule has 0 saturated heterocycles. The third kappa shape index (κ3) is 6.74. The molecule has 27 heavy (non-hydrogen) atoms. The van der Waals surface area contributed by atoms with E-state index in [0.717, 1.165) is 19.0 Å². The maximum Gasteiger partial charge on any atom is 0.292 e. The number of rotatable bonds is 8. The SMILES string of the molecule is CCNC(=NCCNc1ccccc1[N+](=O)[O-])N(C)Cc1cccn1C.I. The molecule has 9 heteroatoms. The number of aryl methyl sites for hydroxylation is 1. The molecule has 0 spiro atoms. The van der Waals surface area contributed by atoms with Gasteiger partial charge in [0.2, 0.25) is 0 Å². The highest BCUT2D eigenvalue weighted by atomic mass is 127. The quantitative estimate of drug-likeness (QED) is 0.150. The van der Waals surface area contributed by atoms with Crippen LogP contribution in [0.4, 0.5) is 11.4 Å². The van der Waals surface area contributed by atoms with Crippen molar-refractivity contribution in [2.75, 3.05) is 32.0 Å². The fraction of sp³-hybridized carbons (Fsp3) is 0.389. The first-order valence-corrected chi connectivity index (χ1v) is 8.60. The number of para-hydroxylation sites is 2. The molecule has 1 heterocycles. The van der Waals surface area contributed by atoms with E-state index in [-0.39, 0.29) is 34.6 Å². The number of hydrogen-bond donors (Lipinski definition) is 2. The van der Waals surface area contributed by atoms with Gasteiger partial charge >= 0.3 is 0 Å². The van der Waals surface area contributed by atoms with Crippen molar-refractivity contribution in [1.29, 1.82) is 0 Å². The van der Waals surface area contributed by atoms with E-state index < -0.39 is 0 Å². The van der Waals surface area contributed by atoms with Crippen molar-refractivity contribution in [1.82, 2.24) is 14.8 Å². The molecule has 1 aromatic carbocycles. The van der Waals surface area contributed by atoms with Gasteiger partial charge in [0.1, 0.15) is 5.69 Å². The van der Waals surface area contributed by atoms with Crippen LogP contribution in [0.1, 0.15) is 12.6 Å². The molecule has 148 valence electrons. The minimum atomic E-state index is -0.386. The Balaban J connectivity index is 0.00000364. The highest BCUT2D eigenvalue weighted by Crippen LogP contribution is 2.22. The summed E-state index contributed by atoms with van der Waals surface area (Å²) < 4.78 is 2.08. The molecule has 8 nitrogen and oxygen atoms in total. The van der Waals surface area contributed by atoms with Crippen molar-refractivity contribution in [2.24, 2.45) is 12.0 Å². The summed E-state index contributed by atoms with van der Waals surface area (Å²) in [6, 6.07) is 10.7. The third-order valence-corrected chi connectivity index (χ3v) is 3.94. The number of aliphatic imine (C=N–C) groups is 1. The van der Waals surface area contributed by atoms with Gasteiger partial charge < -0.3 is 20.1 Å². The van der Waals surface area contributed by atoms with Gasteiger partial charge in [-0.25, -0.2) is 0 Å². The number of nitrogens with zero attached hydrogens (tertiary/aromatic N) is 4. The van der Waals surface area contributed by atoms with Crippen LogP contribution in [0.5, 0.6) is 0 Å². The lowest BCUT2D eigenvalue weighted by Crippen LogP contribution is -2.39. The fourth-order valence-corrected chi connectivity index (χ4v) is 2.58. The number of halogens is 1. The van der Waals surface area contributed by atoms with Crippen LogP contribution < -0.4 is 10.6 Å². The molecular formula is C18H27IN6O2. The van der Waals surface area contributed by atoms with Gasteiger partial charge in [-0.3, -0.25) is 15.1 Å². The average Bonchev–Trinajstić information content (AvgIpc) is 3.02. The Morgan fingerprint density at radius 1 is 1.30 bits per heavy atom. The molecule has 0 bridgehead atoms. The summed E-state index contributed by atoms with van der Waals surface area (Å²) in [5.41, 5.74) is 1.77. The van der Waals surface area contributed by atoms with E-state index in [4.69, 9.17) is 0 Å². The van der Waals surface area contributed by atoms with Crippen LogP contribution >= 0.6 is 24.0 Å². The Kier molecular flexibility index (Phi) is 9.62. The Bertz CT molecular complexity index is 762. The molecule has 0 fully saturated rings. The summed E-state index contributed by atoms with van der Waals surface area (Å²) in [6.45, 7) is 4.56. The van der Waals surface area contributed by atoms with Crippen molar-refractivity contribution >= 4 is 41.3 Å². The lowest BCUT2D eigenvalue weighted by Gasteiger charge is -2.22. The Labute approximate surface area is 176 Å². The Morgan fingerprint density at radius 3 is 2.67 bits per heavy atom. The molecule has 2 aromatic rings. The molecule has 0 unspecified atom stereocenters. The van der Waals surface area contributed by atoms with E-state index in [1.54, 1.807) is 18.2 Å². The standard InChI is InChI=1S/C18H26N6O2.HI/c1-4-19-18(23(3)14-15-8-7-13-22(15)2)21-12-11-20-16-9-5-6-10-17(16)24(25)26;/h5-10,13,20H,4,11-12,14H2,1-3H3,(H,19,21);1H. The normalized spacial score (nSPS) is 10.9.